The van der Waals surface area contributed by atoms with Gasteiger partial charge in [-0.1, -0.05) is 0 Å². The van der Waals surface area contributed by atoms with Gasteiger partial charge in [-0.05, 0) is 50.1 Å². The van der Waals surface area contributed by atoms with Gasteiger partial charge in [0.15, 0.2) is 16.2 Å². The molecule has 0 spiro atoms. The molecule has 0 atom stereocenters. The Morgan fingerprint density at radius 3 is 2.57 bits per heavy atom. The van der Waals surface area contributed by atoms with Crippen molar-refractivity contribution in [1.82, 2.24) is 0 Å². The Bertz CT molecular complexity index is 600. The van der Waals surface area contributed by atoms with E-state index in [0.717, 1.165) is 4.47 Å². The minimum Gasteiger partial charge on any atom is -0.493 e. The van der Waals surface area contributed by atoms with Crippen LogP contribution < -0.4 is 14.8 Å². The second kappa shape index (κ2) is 7.13. The average Bonchev–Trinajstić information content (AvgIpc) is 2.75. The molecule has 2 rings (SSSR count). The zero-order valence-electron chi connectivity index (χ0n) is 10.8. The van der Waals surface area contributed by atoms with Crippen molar-refractivity contribution in [3.63, 3.8) is 0 Å². The average molecular weight is 427 g/mol. The number of ether oxygens (including phenoxy) is 2. The number of hydrogen-bond acceptors (Lipinski definition) is 4. The highest BCUT2D eigenvalue weighted by atomic mass is 79.9. The van der Waals surface area contributed by atoms with Gasteiger partial charge in [-0.15, -0.1) is 0 Å². The molecule has 21 heavy (non-hydrogen) atoms. The Hall–Kier alpha value is -1.28. The summed E-state index contributed by atoms with van der Waals surface area (Å²) in [5.41, 5.74) is 0.607. The Balaban J connectivity index is 2.09. The van der Waals surface area contributed by atoms with Gasteiger partial charge in [-0.25, -0.2) is 0 Å². The molecule has 0 saturated carbocycles. The van der Waals surface area contributed by atoms with Crippen molar-refractivity contribution in [2.24, 2.45) is 0 Å². The fourth-order valence-electron chi connectivity index (χ4n) is 1.64. The number of alkyl halides is 2. The number of nitrogens with one attached hydrogen (secondary N) is 1. The molecule has 0 aliphatic carbocycles. The maximum atomic E-state index is 12.3. The van der Waals surface area contributed by atoms with Crippen LogP contribution in [0.5, 0.6) is 11.5 Å². The van der Waals surface area contributed by atoms with Crippen molar-refractivity contribution in [2.75, 3.05) is 12.4 Å². The van der Waals surface area contributed by atoms with Gasteiger partial charge in [0.1, 0.15) is 5.76 Å². The molecule has 0 aliphatic heterocycles. The molecule has 1 aromatic heterocycles. The SMILES string of the molecule is COc1ccc(NCc2cc(Br)c(Br)o2)cc1OC(F)F. The second-order valence-corrected chi connectivity index (χ2v) is 5.51. The molecule has 0 fully saturated rings. The molecule has 8 heteroatoms. The standard InChI is InChI=1S/C13H11Br2F2NO3/c1-19-10-3-2-7(4-11(10)21-13(16)17)18-6-8-5-9(14)12(15)20-8/h2-5,13,18H,6H2,1H3. The van der Waals surface area contributed by atoms with E-state index < -0.39 is 6.61 Å². The number of anilines is 1. The van der Waals surface area contributed by atoms with Crippen LogP contribution in [-0.4, -0.2) is 13.7 Å². The Labute approximate surface area is 136 Å². The lowest BCUT2D eigenvalue weighted by molar-refractivity contribution is -0.0511. The molecule has 1 heterocycles. The van der Waals surface area contributed by atoms with Crippen LogP contribution in [0, 0.1) is 0 Å². The lowest BCUT2D eigenvalue weighted by atomic mass is 10.2. The first-order valence-electron chi connectivity index (χ1n) is 5.80. The number of hydrogen-bond donors (Lipinski definition) is 1. The summed E-state index contributed by atoms with van der Waals surface area (Å²) < 4.78 is 40.9. The van der Waals surface area contributed by atoms with E-state index in [2.05, 4.69) is 41.9 Å². The number of benzene rings is 1. The smallest absolute Gasteiger partial charge is 0.387 e. The lowest BCUT2D eigenvalue weighted by Crippen LogP contribution is -2.05. The van der Waals surface area contributed by atoms with E-state index in [0.29, 0.717) is 22.7 Å². The van der Waals surface area contributed by atoms with Crippen LogP contribution in [0.2, 0.25) is 0 Å². The van der Waals surface area contributed by atoms with Crippen LogP contribution in [-0.2, 0) is 6.54 Å². The maximum Gasteiger partial charge on any atom is 0.387 e. The van der Waals surface area contributed by atoms with Gasteiger partial charge in [-0.3, -0.25) is 0 Å². The summed E-state index contributed by atoms with van der Waals surface area (Å²) in [5.74, 6) is 0.893. The molecular formula is C13H11Br2F2NO3. The van der Waals surface area contributed by atoms with Gasteiger partial charge in [0.05, 0.1) is 18.1 Å². The van der Waals surface area contributed by atoms with E-state index in [-0.39, 0.29) is 11.5 Å². The van der Waals surface area contributed by atoms with Crippen molar-refractivity contribution in [2.45, 2.75) is 13.2 Å². The third-order valence-electron chi connectivity index (χ3n) is 2.54. The van der Waals surface area contributed by atoms with Crippen molar-refractivity contribution < 1.29 is 22.7 Å². The lowest BCUT2D eigenvalue weighted by Gasteiger charge is -2.12. The first kappa shape index (κ1) is 16.1. The molecular weight excluding hydrogens is 416 g/mol. The Morgan fingerprint density at radius 1 is 1.24 bits per heavy atom. The molecule has 1 N–H and O–H groups in total. The predicted octanol–water partition coefficient (Wildman–Crippen LogP) is 5.03. The van der Waals surface area contributed by atoms with Gasteiger partial charge in [0.2, 0.25) is 0 Å². The van der Waals surface area contributed by atoms with Crippen LogP contribution in [0.4, 0.5) is 14.5 Å². The normalized spacial score (nSPS) is 10.8. The summed E-state index contributed by atoms with van der Waals surface area (Å²) in [4.78, 5) is 0. The first-order valence-corrected chi connectivity index (χ1v) is 7.38. The zero-order chi connectivity index (χ0) is 15.4. The Kier molecular flexibility index (Phi) is 5.46. The number of methoxy groups -OCH3 is 1. The van der Waals surface area contributed by atoms with Gasteiger partial charge < -0.3 is 19.2 Å². The molecule has 0 saturated heterocycles. The quantitative estimate of drug-likeness (QED) is 0.703. The third kappa shape index (κ3) is 4.34. The van der Waals surface area contributed by atoms with Crippen molar-refractivity contribution in [3.05, 3.63) is 39.2 Å². The fourth-order valence-corrected chi connectivity index (χ4v) is 2.30. The van der Waals surface area contributed by atoms with E-state index in [1.54, 1.807) is 18.2 Å². The minimum absolute atomic E-state index is 0.0284. The third-order valence-corrected chi connectivity index (χ3v) is 4.25. The molecule has 0 radical (unpaired) electrons. The van der Waals surface area contributed by atoms with Crippen LogP contribution >= 0.6 is 31.9 Å². The van der Waals surface area contributed by atoms with E-state index in [1.165, 1.54) is 13.2 Å². The minimum atomic E-state index is -2.91. The molecule has 4 nitrogen and oxygen atoms in total. The highest BCUT2D eigenvalue weighted by molar-refractivity contribution is 9.13. The highest BCUT2D eigenvalue weighted by Crippen LogP contribution is 2.32. The molecule has 2 aromatic rings. The van der Waals surface area contributed by atoms with Crippen molar-refractivity contribution in [3.8, 4) is 11.5 Å². The largest absolute Gasteiger partial charge is 0.493 e. The molecule has 0 aliphatic rings. The van der Waals surface area contributed by atoms with E-state index in [9.17, 15) is 8.78 Å². The maximum absolute atomic E-state index is 12.3. The van der Waals surface area contributed by atoms with Gasteiger partial charge in [0.25, 0.3) is 0 Å². The van der Waals surface area contributed by atoms with Gasteiger partial charge >= 0.3 is 6.61 Å². The summed E-state index contributed by atoms with van der Waals surface area (Å²) in [6.45, 7) is -2.52. The van der Waals surface area contributed by atoms with Crippen LogP contribution in [0.1, 0.15) is 5.76 Å². The molecule has 0 bridgehead atoms. The summed E-state index contributed by atoms with van der Waals surface area (Å²) in [6.07, 6.45) is 0. The number of rotatable bonds is 6. The molecule has 1 aromatic carbocycles. The van der Waals surface area contributed by atoms with Crippen LogP contribution in [0.15, 0.2) is 37.8 Å². The van der Waals surface area contributed by atoms with E-state index in [4.69, 9.17) is 9.15 Å². The zero-order valence-corrected chi connectivity index (χ0v) is 14.0. The Morgan fingerprint density at radius 2 is 2.00 bits per heavy atom. The fraction of sp³-hybridized carbons (Fsp3) is 0.231. The topological polar surface area (TPSA) is 43.6 Å². The van der Waals surface area contributed by atoms with Gasteiger partial charge in [0, 0.05) is 11.8 Å². The second-order valence-electron chi connectivity index (χ2n) is 3.93. The first-order chi connectivity index (χ1) is 9.99. The summed E-state index contributed by atoms with van der Waals surface area (Å²) in [7, 11) is 1.39. The molecule has 0 unspecified atom stereocenters. The monoisotopic (exact) mass is 425 g/mol. The number of halogens is 4. The molecule has 0 amide bonds. The molecule has 114 valence electrons. The highest BCUT2D eigenvalue weighted by Gasteiger charge is 2.12. The summed E-state index contributed by atoms with van der Waals surface area (Å²) in [6, 6.07) is 6.49. The summed E-state index contributed by atoms with van der Waals surface area (Å²) in [5, 5.41) is 3.05. The number of furan rings is 1. The van der Waals surface area contributed by atoms with E-state index in [1.807, 2.05) is 0 Å². The van der Waals surface area contributed by atoms with Crippen LogP contribution in [0.25, 0.3) is 0 Å². The van der Waals surface area contributed by atoms with Gasteiger partial charge in [-0.2, -0.15) is 8.78 Å². The van der Waals surface area contributed by atoms with Crippen molar-refractivity contribution >= 4 is 37.5 Å². The van der Waals surface area contributed by atoms with Crippen LogP contribution in [0.3, 0.4) is 0 Å². The predicted molar refractivity (Wildman–Crippen MR) is 81.1 cm³/mol. The van der Waals surface area contributed by atoms with E-state index >= 15 is 0 Å². The van der Waals surface area contributed by atoms with Crippen molar-refractivity contribution in [1.29, 1.82) is 0 Å². The summed E-state index contributed by atoms with van der Waals surface area (Å²) >= 11 is 6.55.